The fourth-order valence-corrected chi connectivity index (χ4v) is 1.17. The third-order valence-corrected chi connectivity index (χ3v) is 2.17. The highest BCUT2D eigenvalue weighted by molar-refractivity contribution is 5.70. The van der Waals surface area contributed by atoms with Gasteiger partial charge in [-0.2, -0.15) is 0 Å². The first kappa shape index (κ1) is 13.4. The quantitative estimate of drug-likeness (QED) is 0.540. The number of hydrogen-bond acceptors (Lipinski definition) is 4. The van der Waals surface area contributed by atoms with Crippen LogP contribution in [0.25, 0.3) is 0 Å². The summed E-state index contributed by atoms with van der Waals surface area (Å²) in [5.74, 6) is 1.04. The summed E-state index contributed by atoms with van der Waals surface area (Å²) in [6, 6.07) is 7.18. The van der Waals surface area contributed by atoms with Crippen LogP contribution in [-0.4, -0.2) is 26.3 Å². The van der Waals surface area contributed by atoms with Crippen LogP contribution in [0.15, 0.2) is 24.3 Å². The Morgan fingerprint density at radius 1 is 1.12 bits per heavy atom. The van der Waals surface area contributed by atoms with Gasteiger partial charge in [0.1, 0.15) is 11.5 Å². The molecule has 1 aromatic carbocycles. The normalized spacial score (nSPS) is 9.76. The van der Waals surface area contributed by atoms with E-state index in [-0.39, 0.29) is 6.61 Å². The number of esters is 1. The third-order valence-electron chi connectivity index (χ3n) is 2.17. The van der Waals surface area contributed by atoms with Gasteiger partial charge in [-0.1, -0.05) is 13.3 Å². The molecule has 0 N–H and O–H groups in total. The van der Waals surface area contributed by atoms with Gasteiger partial charge in [0.15, 0.2) is 6.61 Å². The first-order chi connectivity index (χ1) is 8.26. The zero-order valence-electron chi connectivity index (χ0n) is 10.3. The van der Waals surface area contributed by atoms with Crippen LogP contribution in [-0.2, 0) is 9.53 Å². The van der Waals surface area contributed by atoms with E-state index < -0.39 is 5.97 Å². The molecule has 0 amide bonds. The van der Waals surface area contributed by atoms with Crippen molar-refractivity contribution in [3.8, 4) is 11.5 Å². The topological polar surface area (TPSA) is 44.8 Å². The summed E-state index contributed by atoms with van der Waals surface area (Å²) in [6.45, 7) is 2.76. The van der Waals surface area contributed by atoms with Gasteiger partial charge in [-0.15, -0.1) is 0 Å². The lowest BCUT2D eigenvalue weighted by Gasteiger charge is -2.07. The smallest absolute Gasteiger partial charge is 0.343 e. The Morgan fingerprint density at radius 2 is 1.71 bits per heavy atom. The van der Waals surface area contributed by atoms with E-state index in [0.717, 1.165) is 25.2 Å². The van der Waals surface area contributed by atoms with E-state index in [9.17, 15) is 4.79 Å². The van der Waals surface area contributed by atoms with Crippen molar-refractivity contribution < 1.29 is 19.0 Å². The van der Waals surface area contributed by atoms with Gasteiger partial charge in [0, 0.05) is 0 Å². The number of rotatable bonds is 7. The highest BCUT2D eigenvalue weighted by atomic mass is 16.6. The van der Waals surface area contributed by atoms with E-state index in [0.29, 0.717) is 5.75 Å². The average molecular weight is 238 g/mol. The lowest BCUT2D eigenvalue weighted by atomic mass is 10.3. The molecule has 94 valence electrons. The second kappa shape index (κ2) is 7.54. The molecule has 0 saturated carbocycles. The first-order valence-corrected chi connectivity index (χ1v) is 5.68. The van der Waals surface area contributed by atoms with E-state index >= 15 is 0 Å². The molecule has 4 heteroatoms. The van der Waals surface area contributed by atoms with E-state index in [1.807, 2.05) is 12.1 Å². The van der Waals surface area contributed by atoms with Crippen LogP contribution in [0.5, 0.6) is 11.5 Å². The molecular formula is C13H18O4. The number of ether oxygens (including phenoxy) is 3. The SMILES string of the molecule is CCCCOc1ccc(OCC(=O)OC)cc1. The first-order valence-electron chi connectivity index (χ1n) is 5.68. The fourth-order valence-electron chi connectivity index (χ4n) is 1.17. The Hall–Kier alpha value is -1.71. The predicted molar refractivity (Wildman–Crippen MR) is 64.4 cm³/mol. The van der Waals surface area contributed by atoms with Gasteiger partial charge < -0.3 is 14.2 Å². The highest BCUT2D eigenvalue weighted by Crippen LogP contribution is 2.17. The Bertz CT molecular complexity index is 332. The number of carbonyl (C=O) groups is 1. The minimum atomic E-state index is -0.395. The molecule has 0 heterocycles. The van der Waals surface area contributed by atoms with Crippen molar-refractivity contribution in [2.24, 2.45) is 0 Å². The molecule has 17 heavy (non-hydrogen) atoms. The molecular weight excluding hydrogens is 220 g/mol. The van der Waals surface area contributed by atoms with Crippen molar-refractivity contribution in [3.63, 3.8) is 0 Å². The van der Waals surface area contributed by atoms with Crippen molar-refractivity contribution in [1.29, 1.82) is 0 Å². The molecule has 0 spiro atoms. The van der Waals surface area contributed by atoms with Crippen LogP contribution in [0, 0.1) is 0 Å². The van der Waals surface area contributed by atoms with E-state index in [1.165, 1.54) is 7.11 Å². The summed E-state index contributed by atoms with van der Waals surface area (Å²) in [4.78, 5) is 10.9. The minimum absolute atomic E-state index is 0.0768. The predicted octanol–water partition coefficient (Wildman–Crippen LogP) is 2.42. The van der Waals surface area contributed by atoms with Gasteiger partial charge in [-0.05, 0) is 30.7 Å². The minimum Gasteiger partial charge on any atom is -0.494 e. The molecule has 0 aliphatic rings. The molecule has 0 aliphatic heterocycles. The molecule has 0 radical (unpaired) electrons. The van der Waals surface area contributed by atoms with Crippen molar-refractivity contribution in [1.82, 2.24) is 0 Å². The summed E-state index contributed by atoms with van der Waals surface area (Å²) < 4.78 is 15.2. The maximum atomic E-state index is 10.9. The molecule has 0 aliphatic carbocycles. The molecule has 1 rings (SSSR count). The van der Waals surface area contributed by atoms with Gasteiger partial charge in [0.2, 0.25) is 0 Å². The zero-order valence-corrected chi connectivity index (χ0v) is 10.3. The van der Waals surface area contributed by atoms with Crippen LogP contribution in [0.2, 0.25) is 0 Å². The molecule has 0 atom stereocenters. The van der Waals surface area contributed by atoms with Gasteiger partial charge in [0.05, 0.1) is 13.7 Å². The number of unbranched alkanes of at least 4 members (excludes halogenated alkanes) is 1. The Labute approximate surface area is 101 Å². The summed E-state index contributed by atoms with van der Waals surface area (Å²) in [5.41, 5.74) is 0. The second-order valence-electron chi connectivity index (χ2n) is 3.54. The molecule has 4 nitrogen and oxygen atoms in total. The van der Waals surface area contributed by atoms with Crippen LogP contribution in [0.1, 0.15) is 19.8 Å². The summed E-state index contributed by atoms with van der Waals surface area (Å²) in [7, 11) is 1.33. The molecule has 0 unspecified atom stereocenters. The number of benzene rings is 1. The van der Waals surface area contributed by atoms with Crippen molar-refractivity contribution in [2.75, 3.05) is 20.3 Å². The van der Waals surface area contributed by atoms with Crippen LogP contribution < -0.4 is 9.47 Å². The summed E-state index contributed by atoms with van der Waals surface area (Å²) >= 11 is 0. The standard InChI is InChI=1S/C13H18O4/c1-3-4-9-16-11-5-7-12(8-6-11)17-10-13(14)15-2/h5-8H,3-4,9-10H2,1-2H3. The zero-order chi connectivity index (χ0) is 12.5. The Morgan fingerprint density at radius 3 is 2.24 bits per heavy atom. The third kappa shape index (κ3) is 5.24. The second-order valence-corrected chi connectivity index (χ2v) is 3.54. The molecule has 0 bridgehead atoms. The fraction of sp³-hybridized carbons (Fsp3) is 0.462. The van der Waals surface area contributed by atoms with Gasteiger partial charge in [-0.3, -0.25) is 0 Å². The van der Waals surface area contributed by atoms with Crippen LogP contribution >= 0.6 is 0 Å². The largest absolute Gasteiger partial charge is 0.494 e. The number of carbonyl (C=O) groups excluding carboxylic acids is 1. The molecule has 0 aromatic heterocycles. The Kier molecular flexibility index (Phi) is 5.93. The molecule has 0 fully saturated rings. The lowest BCUT2D eigenvalue weighted by Crippen LogP contribution is -2.12. The summed E-state index contributed by atoms with van der Waals surface area (Å²) in [6.07, 6.45) is 2.15. The van der Waals surface area contributed by atoms with Gasteiger partial charge in [0.25, 0.3) is 0 Å². The number of hydrogen-bond donors (Lipinski definition) is 0. The van der Waals surface area contributed by atoms with E-state index in [2.05, 4.69) is 11.7 Å². The maximum Gasteiger partial charge on any atom is 0.343 e. The van der Waals surface area contributed by atoms with Gasteiger partial charge >= 0.3 is 5.97 Å². The van der Waals surface area contributed by atoms with Crippen molar-refractivity contribution in [3.05, 3.63) is 24.3 Å². The van der Waals surface area contributed by atoms with E-state index in [1.54, 1.807) is 12.1 Å². The molecule has 1 aromatic rings. The average Bonchev–Trinajstić information content (AvgIpc) is 2.37. The van der Waals surface area contributed by atoms with Crippen molar-refractivity contribution in [2.45, 2.75) is 19.8 Å². The monoisotopic (exact) mass is 238 g/mol. The van der Waals surface area contributed by atoms with Gasteiger partial charge in [-0.25, -0.2) is 4.79 Å². The highest BCUT2D eigenvalue weighted by Gasteiger charge is 2.01. The molecule has 0 saturated heterocycles. The Balaban J connectivity index is 2.36. The maximum absolute atomic E-state index is 10.9. The number of methoxy groups -OCH3 is 1. The van der Waals surface area contributed by atoms with Crippen LogP contribution in [0.4, 0.5) is 0 Å². The van der Waals surface area contributed by atoms with E-state index in [4.69, 9.17) is 9.47 Å². The van der Waals surface area contributed by atoms with Crippen molar-refractivity contribution >= 4 is 5.97 Å². The van der Waals surface area contributed by atoms with Crippen LogP contribution in [0.3, 0.4) is 0 Å². The summed E-state index contributed by atoms with van der Waals surface area (Å²) in [5, 5.41) is 0. The lowest BCUT2D eigenvalue weighted by molar-refractivity contribution is -0.142.